The van der Waals surface area contributed by atoms with E-state index in [4.69, 9.17) is 0 Å². The van der Waals surface area contributed by atoms with Crippen LogP contribution in [0.2, 0.25) is 0 Å². The Bertz CT molecular complexity index is 624. The van der Waals surface area contributed by atoms with Gasteiger partial charge in [-0.2, -0.15) is 13.1 Å². The second-order valence-electron chi connectivity index (χ2n) is 4.88. The number of carbonyl (C=O) groups is 1. The minimum atomic E-state index is -3.66. The number of hydrogen-bond donors (Lipinski definition) is 2. The van der Waals surface area contributed by atoms with E-state index in [0.29, 0.717) is 11.3 Å². The predicted octanol–water partition coefficient (Wildman–Crippen LogP) is 0.672. The molecule has 1 saturated carbocycles. The van der Waals surface area contributed by atoms with Gasteiger partial charge in [-0.25, -0.2) is 0 Å². The Morgan fingerprint density at radius 2 is 2.00 bits per heavy atom. The molecule has 1 aromatic rings. The maximum atomic E-state index is 12.2. The van der Waals surface area contributed by atoms with Crippen molar-refractivity contribution in [3.8, 4) is 0 Å². The number of carboxylic acid groups (broad SMARTS) is 1. The van der Waals surface area contributed by atoms with Crippen molar-refractivity contribution >= 4 is 21.9 Å². The van der Waals surface area contributed by atoms with Gasteiger partial charge in [0.25, 0.3) is 0 Å². The lowest BCUT2D eigenvalue weighted by molar-refractivity contribution is -0.138. The van der Waals surface area contributed by atoms with Crippen molar-refractivity contribution in [2.75, 3.05) is 10.8 Å². The SMILES string of the molecule is O=C(O)C1CN(S(=O)(=O)NC2CC2)c2ccccc21. The van der Waals surface area contributed by atoms with Gasteiger partial charge in [0.15, 0.2) is 0 Å². The zero-order chi connectivity index (χ0) is 13.6. The van der Waals surface area contributed by atoms with Crippen LogP contribution in [0.5, 0.6) is 0 Å². The van der Waals surface area contributed by atoms with Crippen LogP contribution in [-0.4, -0.2) is 32.1 Å². The summed E-state index contributed by atoms with van der Waals surface area (Å²) in [5, 5.41) is 9.20. The van der Waals surface area contributed by atoms with Crippen LogP contribution >= 0.6 is 0 Å². The van der Waals surface area contributed by atoms with Gasteiger partial charge in [0.05, 0.1) is 12.2 Å². The second kappa shape index (κ2) is 4.21. The van der Waals surface area contributed by atoms with Crippen LogP contribution < -0.4 is 9.03 Å². The third kappa shape index (κ3) is 2.19. The fraction of sp³-hybridized carbons (Fsp3) is 0.417. The van der Waals surface area contributed by atoms with E-state index in [0.717, 1.165) is 12.8 Å². The first kappa shape index (κ1) is 12.4. The van der Waals surface area contributed by atoms with E-state index < -0.39 is 22.1 Å². The van der Waals surface area contributed by atoms with Gasteiger partial charge in [-0.05, 0) is 24.5 Å². The molecular weight excluding hydrogens is 268 g/mol. The number of fused-ring (bicyclic) bond motifs is 1. The Balaban J connectivity index is 1.98. The van der Waals surface area contributed by atoms with Crippen molar-refractivity contribution in [1.82, 2.24) is 4.72 Å². The fourth-order valence-corrected chi connectivity index (χ4v) is 3.84. The zero-order valence-electron chi connectivity index (χ0n) is 10.1. The Hall–Kier alpha value is -1.60. The van der Waals surface area contributed by atoms with Crippen LogP contribution in [-0.2, 0) is 15.0 Å². The highest BCUT2D eigenvalue weighted by molar-refractivity contribution is 7.91. The van der Waals surface area contributed by atoms with Gasteiger partial charge in [-0.1, -0.05) is 18.2 Å². The molecule has 0 aromatic heterocycles. The molecule has 1 heterocycles. The quantitative estimate of drug-likeness (QED) is 0.850. The van der Waals surface area contributed by atoms with Crippen LogP contribution in [0.25, 0.3) is 0 Å². The van der Waals surface area contributed by atoms with Gasteiger partial charge in [-0.3, -0.25) is 9.10 Å². The van der Waals surface area contributed by atoms with E-state index >= 15 is 0 Å². The first-order valence-electron chi connectivity index (χ1n) is 6.11. The molecule has 0 amide bonds. The van der Waals surface area contributed by atoms with Crippen molar-refractivity contribution in [2.45, 2.75) is 24.8 Å². The monoisotopic (exact) mass is 282 g/mol. The molecule has 1 aromatic carbocycles. The number of aliphatic carboxylic acids is 1. The van der Waals surface area contributed by atoms with Crippen LogP contribution in [0.3, 0.4) is 0 Å². The average molecular weight is 282 g/mol. The number of nitrogens with one attached hydrogen (secondary N) is 1. The van der Waals surface area contributed by atoms with Crippen molar-refractivity contribution < 1.29 is 18.3 Å². The summed E-state index contributed by atoms with van der Waals surface area (Å²) < 4.78 is 28.2. The number of carboxylic acids is 1. The summed E-state index contributed by atoms with van der Waals surface area (Å²) in [6.45, 7) is -0.0449. The largest absolute Gasteiger partial charge is 0.481 e. The van der Waals surface area contributed by atoms with Crippen molar-refractivity contribution in [3.63, 3.8) is 0 Å². The first-order chi connectivity index (χ1) is 8.99. The zero-order valence-corrected chi connectivity index (χ0v) is 10.9. The number of para-hydroxylation sites is 1. The van der Waals surface area contributed by atoms with Crippen LogP contribution in [0.1, 0.15) is 24.3 Å². The third-order valence-electron chi connectivity index (χ3n) is 3.41. The molecule has 0 saturated heterocycles. The van der Waals surface area contributed by atoms with Crippen LogP contribution in [0, 0.1) is 0 Å². The maximum Gasteiger partial charge on any atom is 0.312 e. The van der Waals surface area contributed by atoms with Crippen molar-refractivity contribution in [1.29, 1.82) is 0 Å². The lowest BCUT2D eigenvalue weighted by atomic mass is 10.0. The Kier molecular flexibility index (Phi) is 2.75. The van der Waals surface area contributed by atoms with E-state index in [1.165, 1.54) is 4.31 Å². The molecular formula is C12H14N2O4S. The summed E-state index contributed by atoms with van der Waals surface area (Å²) in [6.07, 6.45) is 1.69. The van der Waals surface area contributed by atoms with Gasteiger partial charge in [-0.15, -0.1) is 0 Å². The molecule has 2 aliphatic rings. The molecule has 1 unspecified atom stereocenters. The molecule has 1 fully saturated rings. The molecule has 102 valence electrons. The fourth-order valence-electron chi connectivity index (χ4n) is 2.29. The Morgan fingerprint density at radius 1 is 1.32 bits per heavy atom. The average Bonchev–Trinajstić information content (AvgIpc) is 3.05. The summed E-state index contributed by atoms with van der Waals surface area (Å²) in [4.78, 5) is 11.2. The van der Waals surface area contributed by atoms with E-state index in [1.54, 1.807) is 24.3 Å². The normalized spacial score (nSPS) is 22.3. The first-order valence-corrected chi connectivity index (χ1v) is 7.55. The molecule has 0 spiro atoms. The smallest absolute Gasteiger partial charge is 0.312 e. The maximum absolute atomic E-state index is 12.2. The lowest BCUT2D eigenvalue weighted by Gasteiger charge is -2.19. The van der Waals surface area contributed by atoms with Crippen LogP contribution in [0.4, 0.5) is 5.69 Å². The number of anilines is 1. The highest BCUT2D eigenvalue weighted by atomic mass is 32.2. The van der Waals surface area contributed by atoms with Gasteiger partial charge < -0.3 is 5.11 Å². The molecule has 2 N–H and O–H groups in total. The van der Waals surface area contributed by atoms with Gasteiger partial charge in [0.1, 0.15) is 5.92 Å². The van der Waals surface area contributed by atoms with Crippen LogP contribution in [0.15, 0.2) is 24.3 Å². The van der Waals surface area contributed by atoms with E-state index in [-0.39, 0.29) is 12.6 Å². The topological polar surface area (TPSA) is 86.7 Å². The number of benzene rings is 1. The summed E-state index contributed by atoms with van der Waals surface area (Å²) in [6, 6.07) is 6.74. The molecule has 6 nitrogen and oxygen atoms in total. The number of hydrogen-bond acceptors (Lipinski definition) is 3. The minimum absolute atomic E-state index is 0.000963. The van der Waals surface area contributed by atoms with Gasteiger partial charge >= 0.3 is 16.2 Å². The number of rotatable bonds is 4. The highest BCUT2D eigenvalue weighted by Crippen LogP contribution is 2.38. The highest BCUT2D eigenvalue weighted by Gasteiger charge is 2.40. The van der Waals surface area contributed by atoms with Gasteiger partial charge in [0, 0.05) is 6.04 Å². The van der Waals surface area contributed by atoms with E-state index in [9.17, 15) is 18.3 Å². The minimum Gasteiger partial charge on any atom is -0.481 e. The molecule has 0 radical (unpaired) electrons. The lowest BCUT2D eigenvalue weighted by Crippen LogP contribution is -2.41. The Morgan fingerprint density at radius 3 is 2.63 bits per heavy atom. The molecule has 1 aliphatic carbocycles. The molecule has 1 atom stereocenters. The molecule has 0 bridgehead atoms. The predicted molar refractivity (Wildman–Crippen MR) is 69.2 cm³/mol. The standard InChI is InChI=1S/C12H14N2O4S/c15-12(16)10-7-14(11-4-2-1-3-9(10)11)19(17,18)13-8-5-6-8/h1-4,8,10,13H,5-7H2,(H,15,16). The number of nitrogens with zero attached hydrogens (tertiary/aromatic N) is 1. The van der Waals surface area contributed by atoms with Gasteiger partial charge in [0.2, 0.25) is 0 Å². The van der Waals surface area contributed by atoms with Crippen molar-refractivity contribution in [2.24, 2.45) is 0 Å². The molecule has 1 aliphatic heterocycles. The Labute approximate surface area is 111 Å². The molecule has 19 heavy (non-hydrogen) atoms. The van der Waals surface area contributed by atoms with E-state index in [1.807, 2.05) is 0 Å². The summed E-state index contributed by atoms with van der Waals surface area (Å²) in [5.74, 6) is -1.80. The molecule has 7 heteroatoms. The summed E-state index contributed by atoms with van der Waals surface area (Å²) in [7, 11) is -3.66. The third-order valence-corrected chi connectivity index (χ3v) is 4.97. The summed E-state index contributed by atoms with van der Waals surface area (Å²) >= 11 is 0. The van der Waals surface area contributed by atoms with Crippen molar-refractivity contribution in [3.05, 3.63) is 29.8 Å². The second-order valence-corrected chi connectivity index (χ2v) is 6.50. The molecule has 3 rings (SSSR count). The summed E-state index contributed by atoms with van der Waals surface area (Å²) in [5.41, 5.74) is 1.01. The van der Waals surface area contributed by atoms with E-state index in [2.05, 4.69) is 4.72 Å².